The molecule has 0 spiro atoms. The van der Waals surface area contributed by atoms with Crippen molar-refractivity contribution in [2.75, 3.05) is 0 Å². The lowest BCUT2D eigenvalue weighted by Crippen LogP contribution is -2.08. The molecule has 1 aromatic heterocycles. The number of hydrogen-bond donors (Lipinski definition) is 0. The number of carbonyl (C=O) groups excluding carboxylic acids is 1. The van der Waals surface area contributed by atoms with E-state index in [1.54, 1.807) is 12.1 Å². The lowest BCUT2D eigenvalue weighted by Gasteiger charge is -2.01. The quantitative estimate of drug-likeness (QED) is 0.504. The van der Waals surface area contributed by atoms with Crippen molar-refractivity contribution < 1.29 is 13.9 Å². The van der Waals surface area contributed by atoms with Gasteiger partial charge in [0.2, 0.25) is 5.76 Å². The van der Waals surface area contributed by atoms with Crippen molar-refractivity contribution in [3.63, 3.8) is 0 Å². The van der Waals surface area contributed by atoms with Crippen LogP contribution in [0.25, 0.3) is 11.0 Å². The first-order valence-corrected chi connectivity index (χ1v) is 6.90. The number of halogens is 1. The Morgan fingerprint density at radius 1 is 1.15 bits per heavy atom. The van der Waals surface area contributed by atoms with Crippen molar-refractivity contribution in [1.29, 1.82) is 0 Å². The van der Waals surface area contributed by atoms with Gasteiger partial charge >= 0.3 is 5.97 Å². The van der Waals surface area contributed by atoms with Crippen LogP contribution in [0.3, 0.4) is 0 Å². The van der Waals surface area contributed by atoms with Crippen LogP contribution in [0.5, 0.6) is 5.75 Å². The van der Waals surface area contributed by atoms with Crippen molar-refractivity contribution in [3.8, 4) is 5.75 Å². The van der Waals surface area contributed by atoms with E-state index in [1.165, 1.54) is 0 Å². The van der Waals surface area contributed by atoms with Crippen molar-refractivity contribution in [1.82, 2.24) is 0 Å². The van der Waals surface area contributed by atoms with Gasteiger partial charge in [-0.05, 0) is 37.3 Å². The third kappa shape index (κ3) is 2.34. The predicted octanol–water partition coefficient (Wildman–Crippen LogP) is 4.72. The fraction of sp³-hybridized carbons (Fsp3) is 0.0625. The zero-order chi connectivity index (χ0) is 14.1. The van der Waals surface area contributed by atoms with E-state index in [1.807, 2.05) is 43.3 Å². The molecule has 0 bridgehead atoms. The largest absolute Gasteiger partial charge is 0.449 e. The molecule has 0 fully saturated rings. The van der Waals surface area contributed by atoms with Crippen LogP contribution in [0.4, 0.5) is 0 Å². The van der Waals surface area contributed by atoms with E-state index in [0.29, 0.717) is 11.3 Å². The van der Waals surface area contributed by atoms with Crippen molar-refractivity contribution in [2.24, 2.45) is 0 Å². The summed E-state index contributed by atoms with van der Waals surface area (Å²) in [5.74, 6) is 0.251. The van der Waals surface area contributed by atoms with Crippen LogP contribution < -0.4 is 4.74 Å². The number of hydrogen-bond acceptors (Lipinski definition) is 3. The summed E-state index contributed by atoms with van der Waals surface area (Å²) in [6.07, 6.45) is 0. The molecule has 0 amide bonds. The lowest BCUT2D eigenvalue weighted by molar-refractivity contribution is 0.0703. The van der Waals surface area contributed by atoms with Gasteiger partial charge in [-0.15, -0.1) is 0 Å². The minimum absolute atomic E-state index is 0.238. The molecular formula is C16H11BrO3. The molecular weight excluding hydrogens is 320 g/mol. The first kappa shape index (κ1) is 12.9. The Bertz CT molecular complexity index is 775. The molecule has 0 atom stereocenters. The maximum Gasteiger partial charge on any atom is 0.379 e. The second-order valence-corrected chi connectivity index (χ2v) is 5.31. The molecule has 0 unspecified atom stereocenters. The van der Waals surface area contributed by atoms with Gasteiger partial charge in [0.05, 0.1) is 0 Å². The summed E-state index contributed by atoms with van der Waals surface area (Å²) in [5.41, 5.74) is 1.45. The van der Waals surface area contributed by atoms with E-state index in [2.05, 4.69) is 15.9 Å². The summed E-state index contributed by atoms with van der Waals surface area (Å²) in [4.78, 5) is 12.2. The number of rotatable bonds is 2. The Hall–Kier alpha value is -2.07. The maximum atomic E-state index is 12.2. The third-order valence-electron chi connectivity index (χ3n) is 3.04. The molecule has 0 saturated carbocycles. The highest BCUT2D eigenvalue weighted by Gasteiger charge is 2.19. The van der Waals surface area contributed by atoms with Crippen LogP contribution in [0.15, 0.2) is 57.4 Å². The van der Waals surface area contributed by atoms with Crippen LogP contribution in [-0.2, 0) is 0 Å². The van der Waals surface area contributed by atoms with Gasteiger partial charge in [0, 0.05) is 15.4 Å². The monoisotopic (exact) mass is 330 g/mol. The second kappa shape index (κ2) is 5.13. The molecule has 3 aromatic rings. The Morgan fingerprint density at radius 2 is 1.90 bits per heavy atom. The van der Waals surface area contributed by atoms with Gasteiger partial charge in [-0.2, -0.15) is 0 Å². The van der Waals surface area contributed by atoms with Crippen LogP contribution in [0, 0.1) is 6.92 Å². The summed E-state index contributed by atoms with van der Waals surface area (Å²) in [5, 5.41) is 0.902. The summed E-state index contributed by atoms with van der Waals surface area (Å²) < 4.78 is 11.8. The molecule has 3 nitrogen and oxygen atoms in total. The summed E-state index contributed by atoms with van der Waals surface area (Å²) in [6.45, 7) is 1.85. The number of ether oxygens (including phenoxy) is 1. The zero-order valence-electron chi connectivity index (χ0n) is 10.7. The van der Waals surface area contributed by atoms with Crippen LogP contribution >= 0.6 is 15.9 Å². The first-order valence-electron chi connectivity index (χ1n) is 6.11. The molecule has 1 heterocycles. The van der Waals surface area contributed by atoms with Crippen LogP contribution in [0.1, 0.15) is 16.1 Å². The molecule has 0 saturated heterocycles. The number of furan rings is 1. The van der Waals surface area contributed by atoms with Crippen molar-refractivity contribution in [3.05, 3.63) is 64.3 Å². The van der Waals surface area contributed by atoms with Crippen LogP contribution in [-0.4, -0.2) is 5.97 Å². The number of para-hydroxylation sites is 1. The van der Waals surface area contributed by atoms with Crippen LogP contribution in [0.2, 0.25) is 0 Å². The highest BCUT2D eigenvalue weighted by molar-refractivity contribution is 9.10. The molecule has 3 rings (SSSR count). The van der Waals surface area contributed by atoms with Gasteiger partial charge in [-0.3, -0.25) is 0 Å². The fourth-order valence-corrected chi connectivity index (χ4v) is 2.39. The third-order valence-corrected chi connectivity index (χ3v) is 3.53. The van der Waals surface area contributed by atoms with Gasteiger partial charge in [0.15, 0.2) is 0 Å². The minimum Gasteiger partial charge on any atom is -0.449 e. The van der Waals surface area contributed by atoms with Crippen molar-refractivity contribution >= 4 is 32.9 Å². The molecule has 0 aliphatic carbocycles. The minimum atomic E-state index is -0.485. The Balaban J connectivity index is 1.98. The SMILES string of the molecule is Cc1c(C(=O)Oc2ccccc2)oc2ccc(Br)cc12. The summed E-state index contributed by atoms with van der Waals surface area (Å²) in [6, 6.07) is 14.6. The molecule has 0 aliphatic rings. The standard InChI is InChI=1S/C16H11BrO3/c1-10-13-9-11(17)7-8-14(13)20-15(10)16(18)19-12-5-3-2-4-6-12/h2-9H,1H3. The maximum absolute atomic E-state index is 12.2. The van der Waals surface area contributed by atoms with Gasteiger partial charge in [-0.25, -0.2) is 4.79 Å². The van der Waals surface area contributed by atoms with E-state index in [-0.39, 0.29) is 5.76 Å². The second-order valence-electron chi connectivity index (χ2n) is 4.40. The number of aryl methyl sites for hydroxylation is 1. The first-order chi connectivity index (χ1) is 9.65. The summed E-state index contributed by atoms with van der Waals surface area (Å²) >= 11 is 3.41. The van der Waals surface area contributed by atoms with E-state index in [4.69, 9.17) is 9.15 Å². The normalized spacial score (nSPS) is 10.7. The van der Waals surface area contributed by atoms with E-state index in [0.717, 1.165) is 15.4 Å². The van der Waals surface area contributed by atoms with Gasteiger partial charge in [-0.1, -0.05) is 34.1 Å². The molecule has 4 heteroatoms. The lowest BCUT2D eigenvalue weighted by atomic mass is 10.1. The average molecular weight is 331 g/mol. The highest BCUT2D eigenvalue weighted by Crippen LogP contribution is 2.28. The number of carbonyl (C=O) groups is 1. The number of benzene rings is 2. The topological polar surface area (TPSA) is 39.4 Å². The smallest absolute Gasteiger partial charge is 0.379 e. The van der Waals surface area contributed by atoms with Gasteiger partial charge < -0.3 is 9.15 Å². The van der Waals surface area contributed by atoms with E-state index < -0.39 is 5.97 Å². The highest BCUT2D eigenvalue weighted by atomic mass is 79.9. The Labute approximate surface area is 124 Å². The molecule has 0 N–H and O–H groups in total. The molecule has 0 aliphatic heterocycles. The fourth-order valence-electron chi connectivity index (χ4n) is 2.03. The molecule has 2 aromatic carbocycles. The number of fused-ring (bicyclic) bond motifs is 1. The predicted molar refractivity (Wildman–Crippen MR) is 80.1 cm³/mol. The average Bonchev–Trinajstić information content (AvgIpc) is 2.77. The molecule has 100 valence electrons. The van der Waals surface area contributed by atoms with E-state index >= 15 is 0 Å². The Morgan fingerprint density at radius 3 is 2.65 bits per heavy atom. The zero-order valence-corrected chi connectivity index (χ0v) is 12.3. The molecule has 0 radical (unpaired) electrons. The summed E-state index contributed by atoms with van der Waals surface area (Å²) in [7, 11) is 0. The Kier molecular flexibility index (Phi) is 3.32. The van der Waals surface area contributed by atoms with E-state index in [9.17, 15) is 4.79 Å². The number of esters is 1. The van der Waals surface area contributed by atoms with Crippen molar-refractivity contribution in [2.45, 2.75) is 6.92 Å². The van der Waals surface area contributed by atoms with Gasteiger partial charge in [0.1, 0.15) is 11.3 Å². The molecule has 20 heavy (non-hydrogen) atoms. The van der Waals surface area contributed by atoms with Gasteiger partial charge in [0.25, 0.3) is 0 Å².